The first-order valence-electron chi connectivity index (χ1n) is 4.04. The van der Waals surface area contributed by atoms with Gasteiger partial charge in [0.05, 0.1) is 13.2 Å². The first kappa shape index (κ1) is 10.2. The molecule has 1 rings (SSSR count). The number of alkyl halides is 1. The fourth-order valence-corrected chi connectivity index (χ4v) is 1.69. The van der Waals surface area contributed by atoms with Crippen LogP contribution in [0.3, 0.4) is 0 Å². The molecule has 1 heterocycles. The van der Waals surface area contributed by atoms with Gasteiger partial charge in [0.15, 0.2) is 12.1 Å². The molecule has 1 aliphatic rings. The molecule has 0 aromatic rings. The lowest BCUT2D eigenvalue weighted by atomic mass is 10.0. The minimum atomic E-state index is -0.682. The Bertz CT molecular complexity index is 173. The van der Waals surface area contributed by atoms with Crippen molar-refractivity contribution in [2.75, 3.05) is 13.2 Å². The first-order valence-corrected chi connectivity index (χ1v) is 4.83. The van der Waals surface area contributed by atoms with Gasteiger partial charge in [-0.3, -0.25) is 4.79 Å². The van der Waals surface area contributed by atoms with E-state index in [9.17, 15) is 4.79 Å². The quantitative estimate of drug-likeness (QED) is 0.697. The number of carbonyl (C=O) groups is 1. The maximum atomic E-state index is 11.4. The summed E-state index contributed by atoms with van der Waals surface area (Å²) in [4.78, 5) is 11.4. The van der Waals surface area contributed by atoms with Crippen LogP contribution in [-0.4, -0.2) is 29.6 Å². The summed E-state index contributed by atoms with van der Waals surface area (Å²) in [5.74, 6) is 0.106. The Morgan fingerprint density at radius 1 is 1.58 bits per heavy atom. The number of carbonyl (C=O) groups excluding carboxylic acids is 1. The number of halogens is 1. The molecule has 0 spiro atoms. The standard InChI is InChI=1S/C8H13BrO3/c1-3-6(10)8(2,9)7-11-4-5-12-7/h7H,3-5H2,1-2H3/t8-/m1/s1. The zero-order valence-corrected chi connectivity index (χ0v) is 8.89. The van der Waals surface area contributed by atoms with E-state index < -0.39 is 10.6 Å². The van der Waals surface area contributed by atoms with Gasteiger partial charge < -0.3 is 9.47 Å². The van der Waals surface area contributed by atoms with Gasteiger partial charge in [0.1, 0.15) is 4.32 Å². The summed E-state index contributed by atoms with van der Waals surface area (Å²) in [6.07, 6.45) is 0.0651. The number of Topliss-reactive ketones (excluding diaryl/α,β-unsaturated/α-hetero) is 1. The van der Waals surface area contributed by atoms with Crippen LogP contribution in [0.15, 0.2) is 0 Å². The summed E-state index contributed by atoms with van der Waals surface area (Å²) in [7, 11) is 0. The van der Waals surface area contributed by atoms with Crippen LogP contribution in [-0.2, 0) is 14.3 Å². The van der Waals surface area contributed by atoms with E-state index in [2.05, 4.69) is 15.9 Å². The van der Waals surface area contributed by atoms with Crippen LogP contribution in [0.1, 0.15) is 20.3 Å². The van der Waals surface area contributed by atoms with Crippen LogP contribution in [0.5, 0.6) is 0 Å². The predicted molar refractivity (Wildman–Crippen MR) is 48.3 cm³/mol. The molecule has 1 fully saturated rings. The highest BCUT2D eigenvalue weighted by Crippen LogP contribution is 2.29. The minimum Gasteiger partial charge on any atom is -0.348 e. The summed E-state index contributed by atoms with van der Waals surface area (Å²) < 4.78 is 9.82. The first-order chi connectivity index (χ1) is 5.59. The van der Waals surface area contributed by atoms with Gasteiger partial charge in [-0.25, -0.2) is 0 Å². The molecule has 12 heavy (non-hydrogen) atoms. The molecular weight excluding hydrogens is 224 g/mol. The lowest BCUT2D eigenvalue weighted by molar-refractivity contribution is -0.132. The van der Waals surface area contributed by atoms with Crippen molar-refractivity contribution >= 4 is 21.7 Å². The molecule has 0 unspecified atom stereocenters. The maximum absolute atomic E-state index is 11.4. The fraction of sp³-hybridized carbons (Fsp3) is 0.875. The van der Waals surface area contributed by atoms with Crippen LogP contribution < -0.4 is 0 Å². The second-order valence-electron chi connectivity index (χ2n) is 2.93. The van der Waals surface area contributed by atoms with Crippen LogP contribution in [0.25, 0.3) is 0 Å². The van der Waals surface area contributed by atoms with E-state index in [1.54, 1.807) is 6.92 Å². The zero-order chi connectivity index (χ0) is 9.19. The maximum Gasteiger partial charge on any atom is 0.179 e. The van der Waals surface area contributed by atoms with Gasteiger partial charge in [-0.05, 0) is 6.92 Å². The van der Waals surface area contributed by atoms with Gasteiger partial charge in [-0.2, -0.15) is 0 Å². The molecule has 0 radical (unpaired) electrons. The Hall–Kier alpha value is 0.0700. The molecule has 0 amide bonds. The molecule has 70 valence electrons. The molecule has 3 nitrogen and oxygen atoms in total. The van der Waals surface area contributed by atoms with Crippen molar-refractivity contribution in [1.82, 2.24) is 0 Å². The predicted octanol–water partition coefficient (Wildman–Crippen LogP) is 1.49. The molecule has 0 bridgehead atoms. The van der Waals surface area contributed by atoms with Gasteiger partial charge in [0, 0.05) is 6.42 Å². The lowest BCUT2D eigenvalue weighted by Gasteiger charge is -2.25. The summed E-state index contributed by atoms with van der Waals surface area (Å²) in [6, 6.07) is 0. The Morgan fingerprint density at radius 2 is 2.08 bits per heavy atom. The van der Waals surface area contributed by atoms with Crippen LogP contribution in [0.4, 0.5) is 0 Å². The third kappa shape index (κ3) is 1.87. The second kappa shape index (κ2) is 3.85. The summed E-state index contributed by atoms with van der Waals surface area (Å²) in [5.41, 5.74) is 0. The minimum absolute atomic E-state index is 0.106. The Kier molecular flexibility index (Phi) is 3.26. The fourth-order valence-electron chi connectivity index (χ4n) is 1.15. The highest BCUT2D eigenvalue weighted by atomic mass is 79.9. The van der Waals surface area contributed by atoms with Crippen molar-refractivity contribution in [3.8, 4) is 0 Å². The van der Waals surface area contributed by atoms with Gasteiger partial charge in [0.2, 0.25) is 0 Å². The molecule has 0 aromatic carbocycles. The topological polar surface area (TPSA) is 35.5 Å². The highest BCUT2D eigenvalue weighted by molar-refractivity contribution is 9.10. The molecular formula is C8H13BrO3. The van der Waals surface area contributed by atoms with Crippen LogP contribution in [0.2, 0.25) is 0 Å². The monoisotopic (exact) mass is 236 g/mol. The van der Waals surface area contributed by atoms with Crippen molar-refractivity contribution in [2.45, 2.75) is 30.9 Å². The number of hydrogen-bond acceptors (Lipinski definition) is 3. The van der Waals surface area contributed by atoms with E-state index >= 15 is 0 Å². The third-order valence-electron chi connectivity index (χ3n) is 1.93. The third-order valence-corrected chi connectivity index (χ3v) is 2.75. The summed E-state index contributed by atoms with van der Waals surface area (Å²) in [6.45, 7) is 4.76. The van der Waals surface area contributed by atoms with Gasteiger partial charge in [-0.15, -0.1) is 0 Å². The molecule has 0 N–H and O–H groups in total. The average Bonchev–Trinajstić information content (AvgIpc) is 2.55. The lowest BCUT2D eigenvalue weighted by Crippen LogP contribution is -2.41. The van der Waals surface area contributed by atoms with Crippen LogP contribution >= 0.6 is 15.9 Å². The molecule has 0 aromatic heterocycles. The van der Waals surface area contributed by atoms with E-state index in [-0.39, 0.29) is 5.78 Å². The van der Waals surface area contributed by atoms with Crippen molar-refractivity contribution in [3.63, 3.8) is 0 Å². The number of ketones is 1. The van der Waals surface area contributed by atoms with E-state index in [4.69, 9.17) is 9.47 Å². The molecule has 1 aliphatic heterocycles. The highest BCUT2D eigenvalue weighted by Gasteiger charge is 2.41. The van der Waals surface area contributed by atoms with Crippen molar-refractivity contribution in [3.05, 3.63) is 0 Å². The Labute approximate surface area is 80.5 Å². The largest absolute Gasteiger partial charge is 0.348 e. The van der Waals surface area contributed by atoms with Gasteiger partial charge in [0.25, 0.3) is 0 Å². The van der Waals surface area contributed by atoms with Crippen LogP contribution in [0, 0.1) is 0 Å². The normalized spacial score (nSPS) is 23.9. The van der Waals surface area contributed by atoms with Crippen molar-refractivity contribution < 1.29 is 14.3 Å². The summed E-state index contributed by atoms with van der Waals surface area (Å²) in [5, 5.41) is 0. The van der Waals surface area contributed by atoms with Gasteiger partial charge in [-0.1, -0.05) is 22.9 Å². The Balaban J connectivity index is 2.62. The Morgan fingerprint density at radius 3 is 2.50 bits per heavy atom. The smallest absolute Gasteiger partial charge is 0.179 e. The SMILES string of the molecule is CCC(=O)[C@@](C)(Br)C1OCCO1. The van der Waals surface area contributed by atoms with E-state index in [1.165, 1.54) is 0 Å². The van der Waals surface area contributed by atoms with Gasteiger partial charge >= 0.3 is 0 Å². The van der Waals surface area contributed by atoms with E-state index in [0.717, 1.165) is 0 Å². The van der Waals surface area contributed by atoms with Crippen molar-refractivity contribution in [2.24, 2.45) is 0 Å². The van der Waals surface area contributed by atoms with E-state index in [1.807, 2.05) is 6.92 Å². The second-order valence-corrected chi connectivity index (χ2v) is 4.57. The van der Waals surface area contributed by atoms with E-state index in [0.29, 0.717) is 19.6 Å². The molecule has 1 saturated heterocycles. The number of ether oxygens (including phenoxy) is 2. The average molecular weight is 237 g/mol. The number of rotatable bonds is 3. The molecule has 0 aliphatic carbocycles. The summed E-state index contributed by atoms with van der Waals surface area (Å²) >= 11 is 3.33. The molecule has 1 atom stereocenters. The van der Waals surface area contributed by atoms with Crippen molar-refractivity contribution in [1.29, 1.82) is 0 Å². The molecule has 0 saturated carbocycles. The molecule has 4 heteroatoms. The zero-order valence-electron chi connectivity index (χ0n) is 7.30. The number of hydrogen-bond donors (Lipinski definition) is 0.